The highest BCUT2D eigenvalue weighted by molar-refractivity contribution is 7.87. The van der Waals surface area contributed by atoms with Gasteiger partial charge in [-0.2, -0.15) is 21.6 Å². The first-order valence-electron chi connectivity index (χ1n) is 7.40. The molecule has 2 rings (SSSR count). The van der Waals surface area contributed by atoms with E-state index in [1.165, 1.54) is 6.07 Å². The summed E-state index contributed by atoms with van der Waals surface area (Å²) in [5.74, 6) is -0.270. The summed E-state index contributed by atoms with van der Waals surface area (Å²) in [6, 6.07) is 4.09. The average molecular weight is 421 g/mol. The summed E-state index contributed by atoms with van der Waals surface area (Å²) in [5, 5.41) is 16.7. The normalized spacial score (nSPS) is 12.6. The molecule has 0 atom stereocenters. The molecule has 0 bridgehead atoms. The minimum absolute atomic E-state index is 0.00950. The van der Waals surface area contributed by atoms with Crippen molar-refractivity contribution in [3.63, 3.8) is 0 Å². The van der Waals surface area contributed by atoms with Gasteiger partial charge in [0, 0.05) is 13.1 Å². The van der Waals surface area contributed by atoms with E-state index in [4.69, 9.17) is 5.14 Å². The molecule has 15 heteroatoms. The van der Waals surface area contributed by atoms with Gasteiger partial charge in [0.2, 0.25) is 12.2 Å². The van der Waals surface area contributed by atoms with Crippen molar-refractivity contribution < 1.29 is 31.0 Å². The molecular weight excluding hydrogens is 407 g/mol. The van der Waals surface area contributed by atoms with Gasteiger partial charge in [0.15, 0.2) is 11.5 Å². The van der Waals surface area contributed by atoms with Gasteiger partial charge >= 0.3 is 6.18 Å². The molecule has 152 valence electrons. The van der Waals surface area contributed by atoms with Crippen molar-refractivity contribution in [1.82, 2.24) is 20.4 Å². The molecule has 0 saturated carbocycles. The highest BCUT2D eigenvalue weighted by Crippen LogP contribution is 2.31. The molecule has 0 saturated heterocycles. The Balaban J connectivity index is 2.24. The van der Waals surface area contributed by atoms with E-state index >= 15 is 0 Å². The van der Waals surface area contributed by atoms with E-state index in [0.717, 1.165) is 18.2 Å². The Morgan fingerprint density at radius 3 is 2.68 bits per heavy atom. The molecule has 0 radical (unpaired) electrons. The van der Waals surface area contributed by atoms with Crippen LogP contribution in [0.15, 0.2) is 33.9 Å². The molecule has 0 unspecified atom stereocenters. The number of nitrogens with two attached hydrogens (primary N) is 1. The number of amides is 1. The van der Waals surface area contributed by atoms with Crippen LogP contribution >= 0.6 is 0 Å². The number of nitrogens with zero attached hydrogens (tertiary/aromatic N) is 3. The van der Waals surface area contributed by atoms with Gasteiger partial charge < -0.3 is 10.6 Å². The molecule has 1 aromatic heterocycles. The molecule has 0 fully saturated rings. The van der Waals surface area contributed by atoms with Crippen molar-refractivity contribution in [2.45, 2.75) is 6.18 Å². The Bertz CT molecular complexity index is 959. The van der Waals surface area contributed by atoms with Crippen LogP contribution in [0.1, 0.15) is 11.3 Å². The predicted molar refractivity (Wildman–Crippen MR) is 90.7 cm³/mol. The Hall–Kier alpha value is -3.04. The first kappa shape index (κ1) is 21.3. The van der Waals surface area contributed by atoms with Gasteiger partial charge in [-0.15, -0.1) is 0 Å². The third-order valence-electron chi connectivity index (χ3n) is 3.04. The molecule has 0 aliphatic rings. The lowest BCUT2D eigenvalue weighted by molar-refractivity contribution is -0.137. The first-order chi connectivity index (χ1) is 13.1. The average Bonchev–Trinajstić information content (AvgIpc) is 3.05. The van der Waals surface area contributed by atoms with Crippen molar-refractivity contribution in [3.8, 4) is 0 Å². The molecule has 5 N–H and O–H groups in total. The topological polar surface area (TPSA) is 165 Å². The fourth-order valence-electron chi connectivity index (χ4n) is 1.92. The van der Waals surface area contributed by atoms with E-state index in [-0.39, 0.29) is 42.5 Å². The highest BCUT2D eigenvalue weighted by atomic mass is 32.2. The maximum Gasteiger partial charge on any atom is 0.416 e. The Morgan fingerprint density at radius 1 is 1.29 bits per heavy atom. The zero-order valence-corrected chi connectivity index (χ0v) is 14.7. The second-order valence-electron chi connectivity index (χ2n) is 5.10. The van der Waals surface area contributed by atoms with Gasteiger partial charge in [-0.1, -0.05) is 6.07 Å². The minimum atomic E-state index is -4.57. The van der Waals surface area contributed by atoms with Crippen molar-refractivity contribution in [2.75, 3.05) is 18.4 Å². The number of hydrogen-bond donors (Lipinski definition) is 4. The second kappa shape index (κ2) is 8.77. The molecule has 1 aromatic carbocycles. The fraction of sp³-hybridized carbons (Fsp3) is 0.231. The maximum absolute atomic E-state index is 12.8. The number of nitrogens with one attached hydrogen (secondary N) is 3. The molecule has 1 amide bonds. The zero-order valence-electron chi connectivity index (χ0n) is 13.9. The number of aliphatic imine (C=N–C) groups is 1. The first-order valence-corrected chi connectivity index (χ1v) is 8.95. The van der Waals surface area contributed by atoms with E-state index in [9.17, 15) is 26.4 Å². The Labute approximate surface area is 156 Å². The molecule has 1 heterocycles. The maximum atomic E-state index is 12.8. The fourth-order valence-corrected chi connectivity index (χ4v) is 2.31. The van der Waals surface area contributed by atoms with Crippen molar-refractivity contribution in [3.05, 3.63) is 35.5 Å². The van der Waals surface area contributed by atoms with Gasteiger partial charge in [-0.3, -0.25) is 4.79 Å². The lowest BCUT2D eigenvalue weighted by atomic mass is 10.2. The standard InChI is InChI=1S/C13H14F3N7O4S/c14-13(15,16)8-2-1-3-9(6-8)21-11(19-7-24)10-12(23-27-22-10)18-4-5-20-28(17,25)26/h1-3,6-7,20H,4-5H2,(H,18,23)(H2,17,25,26)(H,19,21,24). The van der Waals surface area contributed by atoms with Crippen LogP contribution in [0.5, 0.6) is 0 Å². The summed E-state index contributed by atoms with van der Waals surface area (Å²) in [6.45, 7) is -0.0953. The number of alkyl halides is 3. The summed E-state index contributed by atoms with van der Waals surface area (Å²) in [4.78, 5) is 14.8. The van der Waals surface area contributed by atoms with Crippen molar-refractivity contribution in [2.24, 2.45) is 10.1 Å². The molecule has 28 heavy (non-hydrogen) atoms. The SMILES string of the molecule is NS(=O)(=O)NCCNc1nonc1C(=Nc1cccc(C(F)(F)F)c1)NC=O. The van der Waals surface area contributed by atoms with Crippen LogP contribution in [0.25, 0.3) is 0 Å². The predicted octanol–water partition coefficient (Wildman–Crippen LogP) is 0.118. The van der Waals surface area contributed by atoms with Gasteiger partial charge in [-0.25, -0.2) is 19.5 Å². The molecule has 2 aromatic rings. The van der Waals surface area contributed by atoms with Crippen LogP contribution in [0.4, 0.5) is 24.7 Å². The number of carbonyl (C=O) groups excluding carboxylic acids is 1. The molecule has 11 nitrogen and oxygen atoms in total. The van der Waals surface area contributed by atoms with Gasteiger partial charge in [0.25, 0.3) is 10.2 Å². The lowest BCUT2D eigenvalue weighted by Crippen LogP contribution is -2.34. The summed E-state index contributed by atoms with van der Waals surface area (Å²) >= 11 is 0. The van der Waals surface area contributed by atoms with Crippen LogP contribution in [0.2, 0.25) is 0 Å². The smallest absolute Gasteiger partial charge is 0.364 e. The number of carbonyl (C=O) groups is 1. The summed E-state index contributed by atoms with van der Waals surface area (Å²) in [5.41, 5.74) is -1.14. The molecule has 0 spiro atoms. The number of rotatable bonds is 8. The molecule has 0 aliphatic heterocycles. The summed E-state index contributed by atoms with van der Waals surface area (Å²) in [6.07, 6.45) is -4.32. The number of halogens is 3. The monoisotopic (exact) mass is 421 g/mol. The number of anilines is 1. The van der Waals surface area contributed by atoms with E-state index in [1.54, 1.807) is 0 Å². The Morgan fingerprint density at radius 2 is 2.04 bits per heavy atom. The van der Waals surface area contributed by atoms with Crippen LogP contribution in [-0.4, -0.2) is 44.1 Å². The highest BCUT2D eigenvalue weighted by Gasteiger charge is 2.30. The number of amidine groups is 1. The van der Waals surface area contributed by atoms with E-state index in [0.29, 0.717) is 0 Å². The van der Waals surface area contributed by atoms with E-state index in [2.05, 4.69) is 30.6 Å². The van der Waals surface area contributed by atoms with Crippen LogP contribution in [0.3, 0.4) is 0 Å². The summed E-state index contributed by atoms with van der Waals surface area (Å²) in [7, 11) is -3.88. The lowest BCUT2D eigenvalue weighted by Gasteiger charge is -2.08. The van der Waals surface area contributed by atoms with Crippen molar-refractivity contribution in [1.29, 1.82) is 0 Å². The third kappa shape index (κ3) is 6.29. The van der Waals surface area contributed by atoms with Crippen LogP contribution in [-0.2, 0) is 21.2 Å². The van der Waals surface area contributed by atoms with Crippen LogP contribution < -0.4 is 20.5 Å². The van der Waals surface area contributed by atoms with E-state index in [1.807, 2.05) is 4.72 Å². The van der Waals surface area contributed by atoms with Crippen molar-refractivity contribution >= 4 is 34.0 Å². The minimum Gasteiger partial charge on any atom is -0.364 e. The quantitative estimate of drug-likeness (QED) is 0.203. The zero-order chi connectivity index (χ0) is 20.8. The second-order valence-corrected chi connectivity index (χ2v) is 6.48. The van der Waals surface area contributed by atoms with Gasteiger partial charge in [0.1, 0.15) is 0 Å². The van der Waals surface area contributed by atoms with E-state index < -0.39 is 21.9 Å². The Kier molecular flexibility index (Phi) is 6.66. The van der Waals surface area contributed by atoms with Crippen LogP contribution in [0, 0.1) is 0 Å². The van der Waals surface area contributed by atoms with Gasteiger partial charge in [0.05, 0.1) is 11.3 Å². The third-order valence-corrected chi connectivity index (χ3v) is 3.65. The summed E-state index contributed by atoms with van der Waals surface area (Å²) < 4.78 is 66.6. The number of hydrogen-bond acceptors (Lipinski definition) is 8. The molecular formula is C13H14F3N7O4S. The van der Waals surface area contributed by atoms with Gasteiger partial charge in [-0.05, 0) is 28.5 Å². The molecule has 0 aliphatic carbocycles. The number of aromatic nitrogens is 2. The largest absolute Gasteiger partial charge is 0.416 e. The number of benzene rings is 1.